The van der Waals surface area contributed by atoms with E-state index in [1.165, 1.54) is 4.88 Å². The van der Waals surface area contributed by atoms with Crippen LogP contribution in [0.25, 0.3) is 11.6 Å². The molecule has 0 bridgehead atoms. The number of nitrogens with zero attached hydrogens (tertiary/aromatic N) is 2. The molecule has 0 spiro atoms. The van der Waals surface area contributed by atoms with Crippen LogP contribution in [-0.2, 0) is 19.5 Å². The van der Waals surface area contributed by atoms with Crippen molar-refractivity contribution in [3.63, 3.8) is 0 Å². The van der Waals surface area contributed by atoms with Crippen LogP contribution in [0.5, 0.6) is 0 Å². The largest absolute Gasteiger partial charge is 0.461 e. The van der Waals surface area contributed by atoms with Crippen molar-refractivity contribution in [2.24, 2.45) is 0 Å². The minimum absolute atomic E-state index is 0.0489. The maximum atomic E-state index is 12.2. The molecule has 3 aromatic rings. The standard InChI is InChI=1S/C16H15N3O2S/c20-16-12-5-6-19(9-11-3-2-8-22-11)10-13(12)17-15(18-16)14-4-1-7-21-14/h1-4,7-8H,5-6,9-10H2,(H,17,18,20). The second-order valence-electron chi connectivity index (χ2n) is 5.36. The van der Waals surface area contributed by atoms with E-state index >= 15 is 0 Å². The molecule has 0 radical (unpaired) electrons. The van der Waals surface area contributed by atoms with Crippen LogP contribution in [0.2, 0.25) is 0 Å². The zero-order chi connectivity index (χ0) is 14.9. The molecule has 1 aliphatic rings. The zero-order valence-corrected chi connectivity index (χ0v) is 12.7. The van der Waals surface area contributed by atoms with Crippen molar-refractivity contribution in [2.75, 3.05) is 6.54 Å². The number of aromatic nitrogens is 2. The molecule has 112 valence electrons. The van der Waals surface area contributed by atoms with E-state index in [0.29, 0.717) is 18.1 Å². The number of thiophene rings is 1. The second kappa shape index (κ2) is 5.55. The summed E-state index contributed by atoms with van der Waals surface area (Å²) in [6.07, 6.45) is 2.32. The average molecular weight is 313 g/mol. The van der Waals surface area contributed by atoms with Crippen molar-refractivity contribution in [3.8, 4) is 11.6 Å². The third-order valence-corrected chi connectivity index (χ3v) is 4.73. The van der Waals surface area contributed by atoms with E-state index in [-0.39, 0.29) is 5.56 Å². The van der Waals surface area contributed by atoms with Gasteiger partial charge in [0.2, 0.25) is 0 Å². The monoisotopic (exact) mass is 313 g/mol. The maximum absolute atomic E-state index is 12.2. The Bertz CT molecular complexity index is 822. The van der Waals surface area contributed by atoms with Crippen LogP contribution in [0.1, 0.15) is 16.1 Å². The Morgan fingerprint density at radius 2 is 2.32 bits per heavy atom. The summed E-state index contributed by atoms with van der Waals surface area (Å²) < 4.78 is 5.33. The van der Waals surface area contributed by atoms with Crippen LogP contribution in [0, 0.1) is 0 Å². The van der Waals surface area contributed by atoms with Crippen molar-refractivity contribution < 1.29 is 4.42 Å². The van der Waals surface area contributed by atoms with E-state index in [4.69, 9.17) is 4.42 Å². The van der Waals surface area contributed by atoms with Gasteiger partial charge in [-0.15, -0.1) is 11.3 Å². The molecule has 5 nitrogen and oxygen atoms in total. The normalized spacial score (nSPS) is 14.9. The highest BCUT2D eigenvalue weighted by atomic mass is 32.1. The highest BCUT2D eigenvalue weighted by Gasteiger charge is 2.22. The lowest BCUT2D eigenvalue weighted by atomic mass is 10.1. The van der Waals surface area contributed by atoms with Gasteiger partial charge in [-0.05, 0) is 30.0 Å². The smallest absolute Gasteiger partial charge is 0.254 e. The number of H-pyrrole nitrogens is 1. The molecule has 0 fully saturated rings. The Morgan fingerprint density at radius 1 is 1.36 bits per heavy atom. The molecule has 0 aromatic carbocycles. The summed E-state index contributed by atoms with van der Waals surface area (Å²) in [5.74, 6) is 1.10. The molecule has 22 heavy (non-hydrogen) atoms. The van der Waals surface area contributed by atoms with Crippen LogP contribution in [0.4, 0.5) is 0 Å². The second-order valence-corrected chi connectivity index (χ2v) is 6.39. The summed E-state index contributed by atoms with van der Waals surface area (Å²) in [6.45, 7) is 2.49. The van der Waals surface area contributed by atoms with Gasteiger partial charge in [0.1, 0.15) is 0 Å². The van der Waals surface area contributed by atoms with Gasteiger partial charge in [0.05, 0.1) is 12.0 Å². The fraction of sp³-hybridized carbons (Fsp3) is 0.250. The van der Waals surface area contributed by atoms with E-state index in [9.17, 15) is 4.79 Å². The molecule has 0 saturated carbocycles. The predicted octanol–water partition coefficient (Wildman–Crippen LogP) is 2.65. The highest BCUT2D eigenvalue weighted by Crippen LogP contribution is 2.21. The van der Waals surface area contributed by atoms with Gasteiger partial charge in [0, 0.05) is 30.1 Å². The van der Waals surface area contributed by atoms with Crippen LogP contribution < -0.4 is 5.56 Å². The van der Waals surface area contributed by atoms with Gasteiger partial charge in [-0.3, -0.25) is 9.69 Å². The first kappa shape index (κ1) is 13.5. The van der Waals surface area contributed by atoms with Crippen molar-refractivity contribution >= 4 is 11.3 Å². The minimum Gasteiger partial charge on any atom is -0.461 e. The van der Waals surface area contributed by atoms with E-state index in [1.807, 2.05) is 0 Å². The fourth-order valence-electron chi connectivity index (χ4n) is 2.78. The van der Waals surface area contributed by atoms with Gasteiger partial charge >= 0.3 is 0 Å². The molecular formula is C16H15N3O2S. The van der Waals surface area contributed by atoms with Gasteiger partial charge in [-0.25, -0.2) is 4.98 Å². The number of fused-ring (bicyclic) bond motifs is 1. The van der Waals surface area contributed by atoms with Gasteiger partial charge in [-0.1, -0.05) is 6.07 Å². The summed E-state index contributed by atoms with van der Waals surface area (Å²) in [7, 11) is 0. The summed E-state index contributed by atoms with van der Waals surface area (Å²) in [5, 5.41) is 2.09. The number of nitrogens with one attached hydrogen (secondary N) is 1. The summed E-state index contributed by atoms with van der Waals surface area (Å²) in [6, 6.07) is 7.80. The molecule has 4 rings (SSSR count). The zero-order valence-electron chi connectivity index (χ0n) is 11.9. The summed E-state index contributed by atoms with van der Waals surface area (Å²) in [5.41, 5.74) is 1.61. The van der Waals surface area contributed by atoms with Gasteiger partial charge < -0.3 is 9.40 Å². The van der Waals surface area contributed by atoms with Gasteiger partial charge in [0.15, 0.2) is 11.6 Å². The summed E-state index contributed by atoms with van der Waals surface area (Å²) >= 11 is 1.76. The lowest BCUT2D eigenvalue weighted by Gasteiger charge is -2.27. The third-order valence-electron chi connectivity index (χ3n) is 3.87. The first-order chi connectivity index (χ1) is 10.8. The Kier molecular flexibility index (Phi) is 3.40. The number of hydrogen-bond donors (Lipinski definition) is 1. The number of hydrogen-bond acceptors (Lipinski definition) is 5. The molecule has 0 unspecified atom stereocenters. The molecule has 0 atom stereocenters. The van der Waals surface area contributed by atoms with E-state index in [1.54, 1.807) is 29.7 Å². The van der Waals surface area contributed by atoms with Crippen molar-refractivity contribution in [2.45, 2.75) is 19.5 Å². The highest BCUT2D eigenvalue weighted by molar-refractivity contribution is 7.09. The first-order valence-corrected chi connectivity index (χ1v) is 8.08. The van der Waals surface area contributed by atoms with Crippen molar-refractivity contribution in [3.05, 3.63) is 62.4 Å². The molecule has 1 aliphatic heterocycles. The molecule has 0 aliphatic carbocycles. The number of rotatable bonds is 3. The van der Waals surface area contributed by atoms with Crippen LogP contribution in [0.3, 0.4) is 0 Å². The molecular weight excluding hydrogens is 298 g/mol. The Hall–Kier alpha value is -2.18. The fourth-order valence-corrected chi connectivity index (χ4v) is 3.53. The Morgan fingerprint density at radius 3 is 3.09 bits per heavy atom. The lowest BCUT2D eigenvalue weighted by Crippen LogP contribution is -2.34. The Labute approximate surface area is 131 Å². The number of aromatic amines is 1. The molecule has 0 saturated heterocycles. The predicted molar refractivity (Wildman–Crippen MR) is 84.7 cm³/mol. The molecule has 4 heterocycles. The molecule has 0 amide bonds. The van der Waals surface area contributed by atoms with Crippen molar-refractivity contribution in [1.82, 2.24) is 14.9 Å². The number of furan rings is 1. The van der Waals surface area contributed by atoms with Crippen molar-refractivity contribution in [1.29, 1.82) is 0 Å². The van der Waals surface area contributed by atoms with Crippen LogP contribution in [0.15, 0.2) is 45.1 Å². The summed E-state index contributed by atoms with van der Waals surface area (Å²) in [4.78, 5) is 23.3. The lowest BCUT2D eigenvalue weighted by molar-refractivity contribution is 0.242. The van der Waals surface area contributed by atoms with Crippen LogP contribution in [-0.4, -0.2) is 21.4 Å². The molecule has 3 aromatic heterocycles. The Balaban J connectivity index is 1.64. The minimum atomic E-state index is -0.0489. The average Bonchev–Trinajstić information content (AvgIpc) is 3.20. The molecule has 1 N–H and O–H groups in total. The maximum Gasteiger partial charge on any atom is 0.254 e. The van der Waals surface area contributed by atoms with E-state index in [0.717, 1.165) is 30.8 Å². The topological polar surface area (TPSA) is 62.1 Å². The van der Waals surface area contributed by atoms with Gasteiger partial charge in [-0.2, -0.15) is 0 Å². The molecule has 6 heteroatoms. The van der Waals surface area contributed by atoms with Gasteiger partial charge in [0.25, 0.3) is 5.56 Å². The van der Waals surface area contributed by atoms with E-state index in [2.05, 4.69) is 32.4 Å². The quantitative estimate of drug-likeness (QED) is 0.807. The first-order valence-electron chi connectivity index (χ1n) is 7.20. The van der Waals surface area contributed by atoms with Crippen LogP contribution >= 0.6 is 11.3 Å². The SMILES string of the molecule is O=c1[nH]c(-c2ccco2)nc2c1CCN(Cc1cccs1)C2. The third kappa shape index (κ3) is 2.51. The van der Waals surface area contributed by atoms with E-state index < -0.39 is 0 Å².